The fourth-order valence-electron chi connectivity index (χ4n) is 2.29. The van der Waals surface area contributed by atoms with Crippen molar-refractivity contribution in [3.05, 3.63) is 48.0 Å². The van der Waals surface area contributed by atoms with Crippen molar-refractivity contribution in [3.63, 3.8) is 0 Å². The Hall–Kier alpha value is -2.16. The summed E-state index contributed by atoms with van der Waals surface area (Å²) in [4.78, 5) is 4.29. The maximum Gasteiger partial charge on any atom is 0.193 e. The van der Waals surface area contributed by atoms with Crippen LogP contribution >= 0.6 is 24.0 Å². The van der Waals surface area contributed by atoms with Gasteiger partial charge in [-0.25, -0.2) is 4.99 Å². The van der Waals surface area contributed by atoms with Gasteiger partial charge in [0.2, 0.25) is 0 Å². The summed E-state index contributed by atoms with van der Waals surface area (Å²) < 4.78 is 16.8. The number of benzene rings is 2. The second-order valence-electron chi connectivity index (χ2n) is 5.58. The number of nitrogens with one attached hydrogen (secondary N) is 1. The van der Waals surface area contributed by atoms with Gasteiger partial charge in [-0.3, -0.25) is 0 Å². The van der Waals surface area contributed by atoms with Crippen molar-refractivity contribution in [2.75, 3.05) is 31.7 Å². The first-order valence-electron chi connectivity index (χ1n) is 8.78. The SMILES string of the molecule is CCOc1ccc(OCC)c(NC(N)=NCCOc2ccc(C)cc2)c1.I. The van der Waals surface area contributed by atoms with E-state index in [0.29, 0.717) is 38.1 Å². The minimum atomic E-state index is 0. The molecule has 0 aliphatic heterocycles. The van der Waals surface area contributed by atoms with Crippen LogP contribution in [0.25, 0.3) is 0 Å². The molecule has 6 nitrogen and oxygen atoms in total. The Labute approximate surface area is 178 Å². The minimum Gasteiger partial charge on any atom is -0.494 e. The van der Waals surface area contributed by atoms with Gasteiger partial charge in [0, 0.05) is 6.07 Å². The number of hydrogen-bond acceptors (Lipinski definition) is 4. The highest BCUT2D eigenvalue weighted by atomic mass is 127. The molecule has 0 heterocycles. The number of nitrogens with two attached hydrogens (primary N) is 1. The topological polar surface area (TPSA) is 78.1 Å². The van der Waals surface area contributed by atoms with Gasteiger partial charge in [-0.2, -0.15) is 0 Å². The molecule has 0 aliphatic rings. The fraction of sp³-hybridized carbons (Fsp3) is 0.350. The number of anilines is 1. The lowest BCUT2D eigenvalue weighted by Crippen LogP contribution is -2.24. The molecule has 3 N–H and O–H groups in total. The molecule has 0 bridgehead atoms. The van der Waals surface area contributed by atoms with Gasteiger partial charge in [0.15, 0.2) is 5.96 Å². The number of hydrogen-bond donors (Lipinski definition) is 2. The van der Waals surface area contributed by atoms with Crippen LogP contribution in [0.15, 0.2) is 47.5 Å². The van der Waals surface area contributed by atoms with Gasteiger partial charge in [0.1, 0.15) is 23.9 Å². The molecule has 0 radical (unpaired) electrons. The lowest BCUT2D eigenvalue weighted by atomic mass is 10.2. The molecule has 7 heteroatoms. The zero-order valence-corrected chi connectivity index (χ0v) is 18.4. The van der Waals surface area contributed by atoms with Crippen LogP contribution in [0, 0.1) is 6.92 Å². The zero-order valence-electron chi connectivity index (χ0n) is 16.0. The molecule has 0 atom stereocenters. The number of aryl methyl sites for hydroxylation is 1. The van der Waals surface area contributed by atoms with Gasteiger partial charge in [0.25, 0.3) is 0 Å². The molecule has 0 unspecified atom stereocenters. The van der Waals surface area contributed by atoms with Crippen LogP contribution in [-0.2, 0) is 0 Å². The molecular weight excluding hydrogens is 457 g/mol. The van der Waals surface area contributed by atoms with Crippen LogP contribution in [0.2, 0.25) is 0 Å². The standard InChI is InChI=1S/C20H27N3O3.HI/c1-4-24-17-10-11-19(25-5-2)18(14-17)23-20(21)22-12-13-26-16-8-6-15(3)7-9-16;/h6-11,14H,4-5,12-13H2,1-3H3,(H3,21,22,23);1H. The quantitative estimate of drug-likeness (QED) is 0.241. The van der Waals surface area contributed by atoms with Crippen LogP contribution in [0.1, 0.15) is 19.4 Å². The predicted molar refractivity (Wildman–Crippen MR) is 121 cm³/mol. The van der Waals surface area contributed by atoms with Crippen molar-refractivity contribution in [2.45, 2.75) is 20.8 Å². The molecule has 0 amide bonds. The summed E-state index contributed by atoms with van der Waals surface area (Å²) in [6.07, 6.45) is 0. The van der Waals surface area contributed by atoms with E-state index < -0.39 is 0 Å². The van der Waals surface area contributed by atoms with Crippen molar-refractivity contribution < 1.29 is 14.2 Å². The van der Waals surface area contributed by atoms with Crippen LogP contribution in [0.5, 0.6) is 17.2 Å². The highest BCUT2D eigenvalue weighted by molar-refractivity contribution is 14.0. The number of aliphatic imine (C=N–C) groups is 1. The van der Waals surface area contributed by atoms with Crippen molar-refractivity contribution in [2.24, 2.45) is 10.7 Å². The average Bonchev–Trinajstić information content (AvgIpc) is 2.63. The van der Waals surface area contributed by atoms with Gasteiger partial charge in [0.05, 0.1) is 25.4 Å². The lowest BCUT2D eigenvalue weighted by Gasteiger charge is -2.14. The Morgan fingerprint density at radius 1 is 0.963 bits per heavy atom. The Balaban J connectivity index is 0.00000364. The molecule has 2 aromatic carbocycles. The Kier molecular flexibility index (Phi) is 10.4. The van der Waals surface area contributed by atoms with Crippen LogP contribution in [-0.4, -0.2) is 32.3 Å². The highest BCUT2D eigenvalue weighted by Crippen LogP contribution is 2.29. The molecule has 0 aliphatic carbocycles. The first-order valence-corrected chi connectivity index (χ1v) is 8.78. The normalized spacial score (nSPS) is 10.7. The number of halogens is 1. The highest BCUT2D eigenvalue weighted by Gasteiger charge is 2.07. The van der Waals surface area contributed by atoms with E-state index in [1.54, 1.807) is 0 Å². The molecule has 27 heavy (non-hydrogen) atoms. The molecule has 0 aromatic heterocycles. The van der Waals surface area contributed by atoms with Gasteiger partial charge >= 0.3 is 0 Å². The number of rotatable bonds is 9. The van der Waals surface area contributed by atoms with Gasteiger partial charge in [-0.05, 0) is 45.0 Å². The van der Waals surface area contributed by atoms with Crippen LogP contribution in [0.4, 0.5) is 5.69 Å². The van der Waals surface area contributed by atoms with Gasteiger partial charge in [-0.15, -0.1) is 24.0 Å². The molecule has 0 fully saturated rings. The van der Waals surface area contributed by atoms with Crippen LogP contribution < -0.4 is 25.3 Å². The molecule has 2 rings (SSSR count). The maximum absolute atomic E-state index is 5.98. The number of nitrogens with zero attached hydrogens (tertiary/aromatic N) is 1. The molecule has 2 aromatic rings. The van der Waals surface area contributed by atoms with E-state index in [1.807, 2.05) is 63.2 Å². The largest absolute Gasteiger partial charge is 0.494 e. The van der Waals surface area contributed by atoms with E-state index in [9.17, 15) is 0 Å². The zero-order chi connectivity index (χ0) is 18.8. The maximum atomic E-state index is 5.98. The predicted octanol–water partition coefficient (Wildman–Crippen LogP) is 4.22. The Bertz CT molecular complexity index is 721. The van der Waals surface area contributed by atoms with Gasteiger partial charge in [-0.1, -0.05) is 17.7 Å². The summed E-state index contributed by atoms with van der Waals surface area (Å²) in [6.45, 7) is 7.95. The van der Waals surface area contributed by atoms with E-state index in [1.165, 1.54) is 5.56 Å². The molecule has 0 saturated heterocycles. The van der Waals surface area contributed by atoms with Crippen molar-refractivity contribution in [1.29, 1.82) is 0 Å². The minimum absolute atomic E-state index is 0. The molecule has 0 spiro atoms. The van der Waals surface area contributed by atoms with Crippen LogP contribution in [0.3, 0.4) is 0 Å². The smallest absolute Gasteiger partial charge is 0.193 e. The van der Waals surface area contributed by atoms with Crippen molar-refractivity contribution in [3.8, 4) is 17.2 Å². The first kappa shape index (κ1) is 22.9. The average molecular weight is 485 g/mol. The summed E-state index contributed by atoms with van der Waals surface area (Å²) in [7, 11) is 0. The molecule has 148 valence electrons. The summed E-state index contributed by atoms with van der Waals surface area (Å²) in [5.41, 5.74) is 7.90. The molecular formula is C20H28IN3O3. The Morgan fingerprint density at radius 3 is 2.30 bits per heavy atom. The van der Waals surface area contributed by atoms with E-state index in [4.69, 9.17) is 19.9 Å². The number of guanidine groups is 1. The summed E-state index contributed by atoms with van der Waals surface area (Å²) in [5, 5.41) is 3.07. The lowest BCUT2D eigenvalue weighted by molar-refractivity contribution is 0.328. The van der Waals surface area contributed by atoms with E-state index >= 15 is 0 Å². The van der Waals surface area contributed by atoms with E-state index in [2.05, 4.69) is 10.3 Å². The third-order valence-electron chi connectivity index (χ3n) is 3.49. The monoisotopic (exact) mass is 485 g/mol. The second kappa shape index (κ2) is 12.3. The van der Waals surface area contributed by atoms with Gasteiger partial charge < -0.3 is 25.3 Å². The van der Waals surface area contributed by atoms with Crippen molar-refractivity contribution in [1.82, 2.24) is 0 Å². The third-order valence-corrected chi connectivity index (χ3v) is 3.49. The second-order valence-corrected chi connectivity index (χ2v) is 5.58. The van der Waals surface area contributed by atoms with Crippen molar-refractivity contribution >= 4 is 35.6 Å². The Morgan fingerprint density at radius 2 is 1.63 bits per heavy atom. The van der Waals surface area contributed by atoms with E-state index in [-0.39, 0.29) is 24.0 Å². The molecule has 0 saturated carbocycles. The summed E-state index contributed by atoms with van der Waals surface area (Å²) >= 11 is 0. The first-order chi connectivity index (χ1) is 12.6. The summed E-state index contributed by atoms with van der Waals surface area (Å²) in [5.74, 6) is 2.56. The number of ether oxygens (including phenoxy) is 3. The third kappa shape index (κ3) is 7.94. The summed E-state index contributed by atoms with van der Waals surface area (Å²) in [6, 6.07) is 13.5. The fourth-order valence-corrected chi connectivity index (χ4v) is 2.29. The van der Waals surface area contributed by atoms with E-state index in [0.717, 1.165) is 17.2 Å².